The predicted molar refractivity (Wildman–Crippen MR) is 240 cm³/mol. The molecule has 16 heteroatoms. The number of thiophene rings is 2. The third-order valence-electron chi connectivity index (χ3n) is 11.3. The van der Waals surface area contributed by atoms with Crippen molar-refractivity contribution >= 4 is 54.7 Å². The van der Waals surface area contributed by atoms with Crippen LogP contribution in [0.4, 0.5) is 0 Å². The Hall–Kier alpha value is -4.58. The van der Waals surface area contributed by atoms with E-state index in [0.29, 0.717) is 24.3 Å². The van der Waals surface area contributed by atoms with Crippen LogP contribution >= 0.6 is 22.7 Å². The first-order valence-electron chi connectivity index (χ1n) is 20.1. The van der Waals surface area contributed by atoms with Crippen LogP contribution < -0.4 is 18.9 Å². The fourth-order valence-electron chi connectivity index (χ4n) is 7.77. The molecule has 5 aromatic rings. The Bertz CT molecular complexity index is 2720. The number of esters is 2. The van der Waals surface area contributed by atoms with E-state index in [1.807, 2.05) is 93.6 Å². The summed E-state index contributed by atoms with van der Waals surface area (Å²) < 4.78 is 80.9. The Morgan fingerprint density at radius 2 is 1.06 bits per heavy atom. The summed E-state index contributed by atoms with van der Waals surface area (Å²) in [5, 5.41) is 0. The summed E-state index contributed by atoms with van der Waals surface area (Å²) in [5.41, 5.74) is -3.00. The van der Waals surface area contributed by atoms with E-state index in [4.69, 9.17) is 18.9 Å². The van der Waals surface area contributed by atoms with Crippen molar-refractivity contribution < 1.29 is 45.4 Å². The number of sulfonamides is 2. The number of rotatable bonds is 11. The summed E-state index contributed by atoms with van der Waals surface area (Å²) in [6.45, 7) is 16.4. The minimum absolute atomic E-state index is 0.121. The molecule has 2 saturated carbocycles. The van der Waals surface area contributed by atoms with E-state index in [2.05, 4.69) is 9.44 Å². The van der Waals surface area contributed by atoms with E-state index in [1.165, 1.54) is 11.3 Å². The van der Waals surface area contributed by atoms with Gasteiger partial charge in [0.1, 0.15) is 30.7 Å². The standard InChI is InChI=1S/C26H27NO6S2.C20H25NO4S2/c1-24(2,3)33-23(28)26(15-25(26,4)18-8-6-5-7-9-18)27-35(29,30)22-13-12-21(34-22)17-10-11-19-20(14-17)32-16-31-19;1-14-11-12-16(26-14)27(23,24)21-20(17(22)25-18(2,3)4)13-19(20,5)15-9-7-6-8-10-15/h5-14,27H,15-16H2,1-4H3;6-12,21H,13H2,1-5H3/t25-,26-;19-,20-/m11/s1. The van der Waals surface area contributed by atoms with Crippen LogP contribution in [0.3, 0.4) is 0 Å². The second-order valence-corrected chi connectivity index (χ2v) is 24.5. The van der Waals surface area contributed by atoms with Crippen LogP contribution in [0.5, 0.6) is 11.5 Å². The predicted octanol–water partition coefficient (Wildman–Crippen LogP) is 8.64. The number of carbonyl (C=O) groups is 2. The lowest BCUT2D eigenvalue weighted by atomic mass is 9.93. The van der Waals surface area contributed by atoms with Crippen LogP contribution in [0.2, 0.25) is 0 Å². The quantitative estimate of drug-likeness (QED) is 0.123. The Labute approximate surface area is 372 Å². The fraction of sp³-hybridized carbons (Fsp3) is 0.391. The van der Waals surface area contributed by atoms with Crippen LogP contribution in [-0.2, 0) is 49.9 Å². The van der Waals surface area contributed by atoms with Crippen LogP contribution in [0, 0.1) is 6.92 Å². The molecule has 4 atom stereocenters. The molecule has 1 aliphatic heterocycles. The Morgan fingerprint density at radius 1 is 0.613 bits per heavy atom. The van der Waals surface area contributed by atoms with Crippen LogP contribution in [-0.4, -0.2) is 57.8 Å². The van der Waals surface area contributed by atoms with E-state index in [0.717, 1.165) is 37.8 Å². The largest absolute Gasteiger partial charge is 0.459 e. The summed E-state index contributed by atoms with van der Waals surface area (Å²) in [6, 6.07) is 31.1. The molecule has 62 heavy (non-hydrogen) atoms. The first-order valence-corrected chi connectivity index (χ1v) is 24.7. The molecular formula is C46H52N2O10S4. The molecule has 12 nitrogen and oxygen atoms in total. The van der Waals surface area contributed by atoms with Gasteiger partial charge in [-0.2, -0.15) is 9.44 Å². The molecule has 0 radical (unpaired) electrons. The number of hydrogen-bond acceptors (Lipinski definition) is 12. The molecule has 330 valence electrons. The highest BCUT2D eigenvalue weighted by Gasteiger charge is 2.74. The van der Waals surface area contributed by atoms with Crippen molar-refractivity contribution in [3.8, 4) is 21.9 Å². The zero-order valence-corrected chi connectivity index (χ0v) is 39.4. The van der Waals surface area contributed by atoms with Gasteiger partial charge in [0.2, 0.25) is 6.79 Å². The number of nitrogens with one attached hydrogen (secondary N) is 2. The molecule has 3 heterocycles. The van der Waals surface area contributed by atoms with E-state index in [-0.39, 0.29) is 15.2 Å². The van der Waals surface area contributed by atoms with Crippen molar-refractivity contribution in [1.82, 2.24) is 9.44 Å². The molecule has 2 N–H and O–H groups in total. The second-order valence-electron chi connectivity index (χ2n) is 18.3. The molecule has 3 aliphatic rings. The van der Waals surface area contributed by atoms with Crippen LogP contribution in [0.1, 0.15) is 84.2 Å². The summed E-state index contributed by atoms with van der Waals surface area (Å²) in [7, 11) is -7.87. The molecule has 0 amide bonds. The van der Waals surface area contributed by atoms with Gasteiger partial charge in [0.05, 0.1) is 0 Å². The Kier molecular flexibility index (Phi) is 11.6. The Morgan fingerprint density at radius 3 is 1.52 bits per heavy atom. The van der Waals surface area contributed by atoms with Crippen molar-refractivity contribution in [2.24, 2.45) is 0 Å². The average Bonchev–Trinajstić information content (AvgIpc) is 3.61. The van der Waals surface area contributed by atoms with E-state index >= 15 is 0 Å². The average molecular weight is 921 g/mol. The SMILES string of the molecule is CC(C)(C)OC(=O)[C@]1(NS(=O)(=O)c2ccc(-c3ccc4c(c3)OCO4)s2)C[C@]1(C)c1ccccc1.Cc1ccc(S(=O)(=O)N[C@@]2(C(=O)OC(C)(C)C)C[C@]2(C)c2ccccc2)s1. The molecule has 8 rings (SSSR count). The van der Waals surface area contributed by atoms with Crippen molar-refractivity contribution in [3.05, 3.63) is 119 Å². The number of ether oxygens (including phenoxy) is 4. The molecule has 3 aromatic carbocycles. The van der Waals surface area contributed by atoms with Crippen molar-refractivity contribution in [1.29, 1.82) is 0 Å². The molecule has 0 unspecified atom stereocenters. The minimum atomic E-state index is -4.02. The molecule has 0 saturated heterocycles. The Balaban J connectivity index is 0.000000193. The van der Waals surface area contributed by atoms with Gasteiger partial charge in [0.25, 0.3) is 20.0 Å². The summed E-state index contributed by atoms with van der Waals surface area (Å²) in [6.07, 6.45) is 0.654. The van der Waals surface area contributed by atoms with Gasteiger partial charge in [-0.1, -0.05) is 74.5 Å². The highest BCUT2D eigenvalue weighted by Crippen LogP contribution is 2.60. The highest BCUT2D eigenvalue weighted by molar-refractivity contribution is 7.92. The number of hydrogen-bond donors (Lipinski definition) is 2. The summed E-state index contributed by atoms with van der Waals surface area (Å²) in [4.78, 5) is 28.2. The van der Waals surface area contributed by atoms with E-state index in [1.54, 1.807) is 71.9 Å². The lowest BCUT2D eigenvalue weighted by Gasteiger charge is -2.27. The lowest BCUT2D eigenvalue weighted by molar-refractivity contribution is -0.160. The molecule has 2 aromatic heterocycles. The highest BCUT2D eigenvalue weighted by atomic mass is 32.3. The first kappa shape index (κ1) is 45.4. The van der Waals surface area contributed by atoms with E-state index in [9.17, 15) is 26.4 Å². The van der Waals surface area contributed by atoms with Crippen molar-refractivity contribution in [2.45, 2.75) is 117 Å². The van der Waals surface area contributed by atoms with Crippen molar-refractivity contribution in [2.75, 3.05) is 6.79 Å². The zero-order valence-electron chi connectivity index (χ0n) is 36.2. The van der Waals surface area contributed by atoms with Crippen molar-refractivity contribution in [3.63, 3.8) is 0 Å². The molecule has 0 spiro atoms. The number of aryl methyl sites for hydroxylation is 1. The maximum absolute atomic E-state index is 13.6. The maximum atomic E-state index is 13.6. The monoisotopic (exact) mass is 920 g/mol. The molecule has 2 fully saturated rings. The number of fused-ring (bicyclic) bond motifs is 1. The smallest absolute Gasteiger partial charge is 0.328 e. The topological polar surface area (TPSA) is 163 Å². The van der Waals surface area contributed by atoms with Gasteiger partial charge in [-0.15, -0.1) is 22.7 Å². The first-order chi connectivity index (χ1) is 28.8. The maximum Gasteiger partial charge on any atom is 0.328 e. The number of benzene rings is 3. The zero-order chi connectivity index (χ0) is 45.1. The summed E-state index contributed by atoms with van der Waals surface area (Å²) in [5.74, 6) is 0.164. The van der Waals surface area contributed by atoms with Gasteiger partial charge >= 0.3 is 11.9 Å². The molecule has 0 bridgehead atoms. The molecule has 2 aliphatic carbocycles. The summed E-state index contributed by atoms with van der Waals surface area (Å²) >= 11 is 2.31. The third-order valence-corrected chi connectivity index (χ3v) is 17.4. The van der Waals surface area contributed by atoms with E-state index < -0.39 is 65.1 Å². The van der Waals surface area contributed by atoms with Gasteiger partial charge in [-0.25, -0.2) is 26.4 Å². The minimum Gasteiger partial charge on any atom is -0.459 e. The lowest BCUT2D eigenvalue weighted by Crippen LogP contribution is -2.50. The third kappa shape index (κ3) is 8.82. The van der Waals surface area contributed by atoms with Gasteiger partial charge in [-0.3, -0.25) is 0 Å². The normalized spacial score (nSPS) is 24.1. The van der Waals surface area contributed by atoms with Crippen LogP contribution in [0.15, 0.2) is 112 Å². The molecular weight excluding hydrogens is 869 g/mol. The fourth-order valence-corrected chi connectivity index (χ4v) is 13.3. The van der Waals surface area contributed by atoms with Gasteiger partial charge < -0.3 is 18.9 Å². The number of carbonyl (C=O) groups excluding carboxylic acids is 2. The second kappa shape index (κ2) is 15.9. The van der Waals surface area contributed by atoms with Crippen LogP contribution in [0.25, 0.3) is 10.4 Å². The van der Waals surface area contributed by atoms with Gasteiger partial charge in [-0.05, 0) is 120 Å². The van der Waals surface area contributed by atoms with Gasteiger partial charge in [0, 0.05) is 20.6 Å². The van der Waals surface area contributed by atoms with Gasteiger partial charge in [0.15, 0.2) is 11.5 Å².